The predicted octanol–water partition coefficient (Wildman–Crippen LogP) is 2.23. The monoisotopic (exact) mass is 272 g/mol. The van der Waals surface area contributed by atoms with Crippen molar-refractivity contribution in [2.75, 3.05) is 5.73 Å². The van der Waals surface area contributed by atoms with E-state index in [9.17, 15) is 4.79 Å². The molecule has 0 spiro atoms. The van der Waals surface area contributed by atoms with Crippen molar-refractivity contribution in [2.24, 2.45) is 0 Å². The third-order valence-corrected chi connectivity index (χ3v) is 4.44. The number of hydrogen-bond acceptors (Lipinski definition) is 4. The Labute approximate surface area is 112 Å². The number of nitrogens with one attached hydrogen (secondary N) is 1. The number of rotatable bonds is 2. The molecule has 0 atom stereocenters. The number of thiazole rings is 1. The predicted molar refractivity (Wildman–Crippen MR) is 76.0 cm³/mol. The summed E-state index contributed by atoms with van der Waals surface area (Å²) in [5.74, 6) is 0.420. The number of anilines is 1. The van der Waals surface area contributed by atoms with Crippen molar-refractivity contribution < 1.29 is 0 Å². The highest BCUT2D eigenvalue weighted by molar-refractivity contribution is 7.20. The van der Waals surface area contributed by atoms with Crippen LogP contribution in [0, 0.1) is 0 Å². The number of nitrogen functional groups attached to an aromatic ring is 1. The summed E-state index contributed by atoms with van der Waals surface area (Å²) < 4.78 is 2.53. The number of nitrogens with zero attached hydrogens (tertiary/aromatic N) is 2. The van der Waals surface area contributed by atoms with Gasteiger partial charge >= 0.3 is 0 Å². The molecule has 0 bridgehead atoms. The molecular weight excluding hydrogens is 260 g/mol. The molecule has 6 heteroatoms. The molecule has 1 aromatic carbocycles. The summed E-state index contributed by atoms with van der Waals surface area (Å²) in [5, 5.41) is 3.76. The van der Waals surface area contributed by atoms with Crippen molar-refractivity contribution in [1.82, 2.24) is 14.8 Å². The van der Waals surface area contributed by atoms with E-state index in [0.717, 1.165) is 28.8 Å². The second-order valence-electron chi connectivity index (χ2n) is 4.82. The van der Waals surface area contributed by atoms with Gasteiger partial charge in [-0.3, -0.25) is 9.89 Å². The van der Waals surface area contributed by atoms with Gasteiger partial charge in [-0.05, 0) is 25.0 Å². The maximum Gasteiger partial charge on any atom is 0.296 e. The molecule has 1 aliphatic rings. The van der Waals surface area contributed by atoms with E-state index < -0.39 is 0 Å². The fraction of sp³-hybridized carbons (Fsp3) is 0.231. The Morgan fingerprint density at radius 1 is 1.37 bits per heavy atom. The SMILES string of the molecule is Nc1c(C2CC2)[nH]n(-c2nc3ccccc3s2)c1=O. The second kappa shape index (κ2) is 3.71. The number of nitrogens with two attached hydrogens (primary N) is 1. The lowest BCUT2D eigenvalue weighted by Crippen LogP contribution is -2.16. The number of para-hydroxylation sites is 1. The third kappa shape index (κ3) is 1.60. The molecule has 3 aromatic rings. The van der Waals surface area contributed by atoms with E-state index in [1.807, 2.05) is 24.3 Å². The number of hydrogen-bond donors (Lipinski definition) is 2. The molecule has 1 aliphatic carbocycles. The first-order chi connectivity index (χ1) is 9.24. The first-order valence-electron chi connectivity index (χ1n) is 6.20. The summed E-state index contributed by atoms with van der Waals surface area (Å²) in [7, 11) is 0. The summed E-state index contributed by atoms with van der Waals surface area (Å²) in [6.45, 7) is 0. The van der Waals surface area contributed by atoms with Crippen LogP contribution in [-0.4, -0.2) is 14.8 Å². The lowest BCUT2D eigenvalue weighted by Gasteiger charge is -1.94. The van der Waals surface area contributed by atoms with Gasteiger partial charge in [0.2, 0.25) is 5.13 Å². The molecule has 4 rings (SSSR count). The molecule has 0 amide bonds. The zero-order chi connectivity index (χ0) is 13.0. The van der Waals surface area contributed by atoms with Crippen molar-refractivity contribution in [1.29, 1.82) is 0 Å². The Morgan fingerprint density at radius 2 is 2.16 bits per heavy atom. The van der Waals surface area contributed by atoms with E-state index >= 15 is 0 Å². The van der Waals surface area contributed by atoms with Gasteiger partial charge in [-0.15, -0.1) is 0 Å². The highest BCUT2D eigenvalue weighted by Gasteiger charge is 2.30. The number of fused-ring (bicyclic) bond motifs is 1. The number of aromatic nitrogens is 3. The smallest absolute Gasteiger partial charge is 0.296 e. The van der Waals surface area contributed by atoms with Crippen LogP contribution < -0.4 is 11.3 Å². The van der Waals surface area contributed by atoms with Crippen LogP contribution in [0.1, 0.15) is 24.5 Å². The third-order valence-electron chi connectivity index (χ3n) is 3.42. The van der Waals surface area contributed by atoms with Crippen molar-refractivity contribution >= 4 is 27.2 Å². The molecule has 2 heterocycles. The fourth-order valence-corrected chi connectivity index (χ4v) is 3.17. The lowest BCUT2D eigenvalue weighted by molar-refractivity contribution is 0.811. The Morgan fingerprint density at radius 3 is 2.89 bits per heavy atom. The van der Waals surface area contributed by atoms with E-state index in [0.29, 0.717) is 16.7 Å². The van der Waals surface area contributed by atoms with Crippen molar-refractivity contribution in [3.63, 3.8) is 0 Å². The zero-order valence-corrected chi connectivity index (χ0v) is 10.9. The van der Waals surface area contributed by atoms with Gasteiger partial charge in [0.1, 0.15) is 5.69 Å². The topological polar surface area (TPSA) is 76.7 Å². The maximum atomic E-state index is 12.2. The summed E-state index contributed by atoms with van der Waals surface area (Å²) in [6, 6.07) is 7.84. The van der Waals surface area contributed by atoms with Gasteiger partial charge in [0.25, 0.3) is 5.56 Å². The minimum Gasteiger partial charge on any atom is -0.393 e. The van der Waals surface area contributed by atoms with Crippen LogP contribution in [0.15, 0.2) is 29.1 Å². The molecule has 1 fully saturated rings. The standard InChI is InChI=1S/C13H12N4OS/c14-10-11(7-5-6-7)16-17(12(10)18)13-15-8-3-1-2-4-9(8)19-13/h1-4,7,16H,5-6,14H2. The van der Waals surface area contributed by atoms with E-state index in [-0.39, 0.29) is 5.56 Å². The van der Waals surface area contributed by atoms with Gasteiger partial charge in [-0.1, -0.05) is 23.5 Å². The molecule has 0 unspecified atom stereocenters. The van der Waals surface area contributed by atoms with Crippen molar-refractivity contribution in [3.8, 4) is 5.13 Å². The Kier molecular flexibility index (Phi) is 2.11. The average molecular weight is 272 g/mol. The molecule has 5 nitrogen and oxygen atoms in total. The van der Waals surface area contributed by atoms with Crippen LogP contribution in [0.2, 0.25) is 0 Å². The molecule has 0 saturated heterocycles. The molecular formula is C13H12N4OS. The van der Waals surface area contributed by atoms with Crippen LogP contribution >= 0.6 is 11.3 Å². The lowest BCUT2D eigenvalue weighted by atomic mass is 10.3. The Balaban J connectivity index is 1.91. The summed E-state index contributed by atoms with van der Waals surface area (Å²) in [6.07, 6.45) is 2.20. The van der Waals surface area contributed by atoms with Crippen molar-refractivity contribution in [2.45, 2.75) is 18.8 Å². The average Bonchev–Trinajstić information content (AvgIpc) is 3.10. The number of H-pyrrole nitrogens is 1. The normalized spacial score (nSPS) is 15.2. The van der Waals surface area contributed by atoms with Gasteiger partial charge in [-0.2, -0.15) is 4.68 Å². The molecule has 3 N–H and O–H groups in total. The maximum absolute atomic E-state index is 12.2. The first-order valence-corrected chi connectivity index (χ1v) is 7.02. The van der Waals surface area contributed by atoms with E-state index in [2.05, 4.69) is 10.1 Å². The van der Waals surface area contributed by atoms with Crippen LogP contribution in [0.5, 0.6) is 0 Å². The van der Waals surface area contributed by atoms with E-state index in [4.69, 9.17) is 5.73 Å². The van der Waals surface area contributed by atoms with E-state index in [1.54, 1.807) is 0 Å². The van der Waals surface area contributed by atoms with Crippen LogP contribution in [0.25, 0.3) is 15.3 Å². The highest BCUT2D eigenvalue weighted by atomic mass is 32.1. The summed E-state index contributed by atoms with van der Waals surface area (Å²) >= 11 is 1.48. The quantitative estimate of drug-likeness (QED) is 0.751. The van der Waals surface area contributed by atoms with Crippen molar-refractivity contribution in [3.05, 3.63) is 40.3 Å². The molecule has 0 radical (unpaired) electrons. The number of benzene rings is 1. The molecule has 0 aliphatic heterocycles. The molecule has 19 heavy (non-hydrogen) atoms. The summed E-state index contributed by atoms with van der Waals surface area (Å²) in [5.41, 5.74) is 7.79. The van der Waals surface area contributed by atoms with Gasteiger partial charge in [0.15, 0.2) is 0 Å². The van der Waals surface area contributed by atoms with Gasteiger partial charge in [0.05, 0.1) is 15.9 Å². The minimum absolute atomic E-state index is 0.194. The molecule has 96 valence electrons. The van der Waals surface area contributed by atoms with Crippen LogP contribution in [0.3, 0.4) is 0 Å². The fourth-order valence-electron chi connectivity index (χ4n) is 2.24. The first kappa shape index (κ1) is 10.8. The van der Waals surface area contributed by atoms with Gasteiger partial charge < -0.3 is 5.73 Å². The van der Waals surface area contributed by atoms with Gasteiger partial charge in [0, 0.05) is 5.92 Å². The largest absolute Gasteiger partial charge is 0.393 e. The number of aromatic amines is 1. The minimum atomic E-state index is -0.194. The molecule has 1 saturated carbocycles. The Bertz CT molecular complexity index is 792. The Hall–Kier alpha value is -2.08. The summed E-state index contributed by atoms with van der Waals surface area (Å²) in [4.78, 5) is 16.6. The molecule has 2 aromatic heterocycles. The van der Waals surface area contributed by atoms with Crippen LogP contribution in [0.4, 0.5) is 5.69 Å². The second-order valence-corrected chi connectivity index (χ2v) is 5.83. The highest BCUT2D eigenvalue weighted by Crippen LogP contribution is 2.41. The zero-order valence-electron chi connectivity index (χ0n) is 10.1. The van der Waals surface area contributed by atoms with E-state index in [1.165, 1.54) is 16.0 Å². The van der Waals surface area contributed by atoms with Gasteiger partial charge in [-0.25, -0.2) is 4.98 Å². The van der Waals surface area contributed by atoms with Crippen LogP contribution in [-0.2, 0) is 0 Å².